The van der Waals surface area contributed by atoms with E-state index in [2.05, 4.69) is 26.6 Å². The van der Waals surface area contributed by atoms with E-state index in [0.717, 1.165) is 10.0 Å². The summed E-state index contributed by atoms with van der Waals surface area (Å²) in [6, 6.07) is 9.92. The minimum atomic E-state index is -0.502. The molecular weight excluding hydrogens is 469 g/mol. The van der Waals surface area contributed by atoms with Crippen LogP contribution >= 0.6 is 39.1 Å². The smallest absolute Gasteiger partial charge is 0.253 e. The number of rotatable bonds is 6. The summed E-state index contributed by atoms with van der Waals surface area (Å²) in [5, 5.41) is 5.84. The van der Waals surface area contributed by atoms with E-state index in [4.69, 9.17) is 23.2 Å². The zero-order valence-electron chi connectivity index (χ0n) is 15.2. The van der Waals surface area contributed by atoms with Crippen LogP contribution < -0.4 is 10.6 Å². The van der Waals surface area contributed by atoms with Gasteiger partial charge in [0.2, 0.25) is 11.8 Å². The Labute approximate surface area is 181 Å². The van der Waals surface area contributed by atoms with E-state index in [9.17, 15) is 14.4 Å². The van der Waals surface area contributed by atoms with Crippen molar-refractivity contribution in [3.05, 3.63) is 62.0 Å². The monoisotopic (exact) mass is 485 g/mol. The quantitative estimate of drug-likeness (QED) is 0.650. The Morgan fingerprint density at radius 3 is 2.46 bits per heavy atom. The number of likely N-dealkylation sites (N-methyl/N-ethyl adjacent to an activating group) is 1. The number of aryl methyl sites for hydroxylation is 1. The molecule has 0 unspecified atom stereocenters. The normalized spacial score (nSPS) is 10.3. The minimum absolute atomic E-state index is 0.147. The first-order valence-corrected chi connectivity index (χ1v) is 9.75. The summed E-state index contributed by atoms with van der Waals surface area (Å²) in [4.78, 5) is 37.7. The molecule has 6 nitrogen and oxygen atoms in total. The summed E-state index contributed by atoms with van der Waals surface area (Å²) in [7, 11) is 1.48. The molecule has 3 amide bonds. The molecule has 0 heterocycles. The number of hydrogen-bond donors (Lipinski definition) is 2. The fourth-order valence-electron chi connectivity index (χ4n) is 2.32. The van der Waals surface area contributed by atoms with Crippen molar-refractivity contribution in [2.24, 2.45) is 0 Å². The first-order chi connectivity index (χ1) is 13.2. The number of carbonyl (C=O) groups excluding carboxylic acids is 3. The van der Waals surface area contributed by atoms with Crippen LogP contribution in [0.15, 0.2) is 40.9 Å². The summed E-state index contributed by atoms with van der Waals surface area (Å²) < 4.78 is 0.909. The van der Waals surface area contributed by atoms with Gasteiger partial charge in [0.1, 0.15) is 0 Å². The lowest BCUT2D eigenvalue weighted by Gasteiger charge is -2.18. The molecule has 0 aliphatic rings. The number of amides is 3. The summed E-state index contributed by atoms with van der Waals surface area (Å²) in [6.45, 7) is 1.46. The van der Waals surface area contributed by atoms with Gasteiger partial charge in [-0.25, -0.2) is 0 Å². The molecule has 0 saturated carbocycles. The van der Waals surface area contributed by atoms with E-state index in [1.54, 1.807) is 6.07 Å². The van der Waals surface area contributed by atoms with Crippen molar-refractivity contribution >= 4 is 62.5 Å². The van der Waals surface area contributed by atoms with Crippen LogP contribution in [0, 0.1) is 6.92 Å². The lowest BCUT2D eigenvalue weighted by Crippen LogP contribution is -2.41. The van der Waals surface area contributed by atoms with Crippen molar-refractivity contribution in [3.8, 4) is 0 Å². The highest BCUT2D eigenvalue weighted by molar-refractivity contribution is 9.10. The molecular formula is C19H18BrCl2N3O3. The lowest BCUT2D eigenvalue weighted by molar-refractivity contribution is -0.132. The molecule has 2 aromatic carbocycles. The van der Waals surface area contributed by atoms with Crippen LogP contribution in [0.1, 0.15) is 15.9 Å². The average molecular weight is 487 g/mol. The minimum Gasteiger partial charge on any atom is -0.343 e. The van der Waals surface area contributed by atoms with E-state index in [1.165, 1.54) is 30.1 Å². The van der Waals surface area contributed by atoms with Crippen molar-refractivity contribution in [3.63, 3.8) is 0 Å². The van der Waals surface area contributed by atoms with Crippen molar-refractivity contribution in [2.75, 3.05) is 25.5 Å². The maximum Gasteiger partial charge on any atom is 0.253 e. The Morgan fingerprint density at radius 1 is 1.11 bits per heavy atom. The van der Waals surface area contributed by atoms with Gasteiger partial charge in [-0.3, -0.25) is 14.4 Å². The van der Waals surface area contributed by atoms with Crippen LogP contribution in [0.5, 0.6) is 0 Å². The lowest BCUT2D eigenvalue weighted by atomic mass is 10.2. The van der Waals surface area contributed by atoms with Gasteiger partial charge in [-0.2, -0.15) is 0 Å². The molecule has 0 spiro atoms. The molecule has 0 aliphatic heterocycles. The van der Waals surface area contributed by atoms with Crippen molar-refractivity contribution in [1.29, 1.82) is 0 Å². The zero-order valence-corrected chi connectivity index (χ0v) is 18.3. The van der Waals surface area contributed by atoms with Crippen LogP contribution in [0.4, 0.5) is 5.69 Å². The van der Waals surface area contributed by atoms with Gasteiger partial charge in [0.15, 0.2) is 0 Å². The standard InChI is InChI=1S/C19H18BrCl2N3O3/c1-11-7-12(20)3-6-16(11)24-17(26)10-25(2)18(27)9-23-19(28)14-5-4-13(21)8-15(14)22/h3-8H,9-10H2,1-2H3,(H,23,28)(H,24,26). The predicted octanol–water partition coefficient (Wildman–Crippen LogP) is 3.89. The number of nitrogens with one attached hydrogen (secondary N) is 2. The fraction of sp³-hybridized carbons (Fsp3) is 0.211. The SMILES string of the molecule is Cc1cc(Br)ccc1NC(=O)CN(C)C(=O)CNC(=O)c1ccc(Cl)cc1Cl. The molecule has 0 bridgehead atoms. The highest BCUT2D eigenvalue weighted by atomic mass is 79.9. The maximum atomic E-state index is 12.2. The Bertz CT molecular complexity index is 921. The van der Waals surface area contributed by atoms with Gasteiger partial charge in [0.05, 0.1) is 23.7 Å². The molecule has 0 radical (unpaired) electrons. The van der Waals surface area contributed by atoms with Gasteiger partial charge < -0.3 is 15.5 Å². The van der Waals surface area contributed by atoms with Crippen molar-refractivity contribution in [1.82, 2.24) is 10.2 Å². The summed E-state index contributed by atoms with van der Waals surface area (Å²) in [5.41, 5.74) is 1.77. The van der Waals surface area contributed by atoms with E-state index >= 15 is 0 Å². The molecule has 9 heteroatoms. The number of nitrogens with zero attached hydrogens (tertiary/aromatic N) is 1. The molecule has 2 rings (SSSR count). The number of halogens is 3. The van der Waals surface area contributed by atoms with E-state index in [-0.39, 0.29) is 29.6 Å². The van der Waals surface area contributed by atoms with Gasteiger partial charge in [-0.15, -0.1) is 0 Å². The summed E-state index contributed by atoms with van der Waals surface area (Å²) in [6.07, 6.45) is 0. The molecule has 0 fully saturated rings. The third-order valence-corrected chi connectivity index (χ3v) is 4.89. The summed E-state index contributed by atoms with van der Waals surface area (Å²) in [5.74, 6) is -1.26. The molecule has 148 valence electrons. The number of anilines is 1. The molecule has 28 heavy (non-hydrogen) atoms. The highest BCUT2D eigenvalue weighted by Crippen LogP contribution is 2.21. The Morgan fingerprint density at radius 2 is 1.82 bits per heavy atom. The first-order valence-electron chi connectivity index (χ1n) is 8.20. The average Bonchev–Trinajstić information content (AvgIpc) is 2.61. The van der Waals surface area contributed by atoms with Crippen LogP contribution in [-0.4, -0.2) is 42.8 Å². The molecule has 0 aliphatic carbocycles. The fourth-order valence-corrected chi connectivity index (χ4v) is 3.29. The highest BCUT2D eigenvalue weighted by Gasteiger charge is 2.16. The van der Waals surface area contributed by atoms with Gasteiger partial charge in [0, 0.05) is 22.2 Å². The van der Waals surface area contributed by atoms with Crippen molar-refractivity contribution in [2.45, 2.75) is 6.92 Å². The second-order valence-corrected chi connectivity index (χ2v) is 7.82. The number of hydrogen-bond acceptors (Lipinski definition) is 3. The third kappa shape index (κ3) is 6.22. The largest absolute Gasteiger partial charge is 0.343 e. The van der Waals surface area contributed by atoms with Crippen molar-refractivity contribution < 1.29 is 14.4 Å². The van der Waals surface area contributed by atoms with Gasteiger partial charge >= 0.3 is 0 Å². The van der Waals surface area contributed by atoms with Gasteiger partial charge in [0.25, 0.3) is 5.91 Å². The molecule has 0 atom stereocenters. The van der Waals surface area contributed by atoms with Crippen LogP contribution in [0.2, 0.25) is 10.0 Å². The maximum absolute atomic E-state index is 12.2. The van der Waals surface area contributed by atoms with Crippen LogP contribution in [0.3, 0.4) is 0 Å². The van der Waals surface area contributed by atoms with Gasteiger partial charge in [-0.1, -0.05) is 39.1 Å². The second kappa shape index (κ2) is 9.91. The second-order valence-electron chi connectivity index (χ2n) is 6.06. The Hall–Kier alpha value is -2.09. The zero-order chi connectivity index (χ0) is 20.8. The molecule has 0 saturated heterocycles. The van der Waals surface area contributed by atoms with E-state index < -0.39 is 11.8 Å². The molecule has 0 aromatic heterocycles. The summed E-state index contributed by atoms with van der Waals surface area (Å²) >= 11 is 15.1. The molecule has 2 aromatic rings. The first kappa shape index (κ1) is 22.2. The number of carbonyl (C=O) groups is 3. The Kier molecular flexibility index (Phi) is 7.86. The van der Waals surface area contributed by atoms with Gasteiger partial charge in [-0.05, 0) is 48.9 Å². The molecule has 2 N–H and O–H groups in total. The van der Waals surface area contributed by atoms with E-state index in [1.807, 2.05) is 19.1 Å². The third-order valence-electron chi connectivity index (χ3n) is 3.85. The van der Waals surface area contributed by atoms with Crippen LogP contribution in [-0.2, 0) is 9.59 Å². The van der Waals surface area contributed by atoms with E-state index in [0.29, 0.717) is 10.7 Å². The Balaban J connectivity index is 1.86. The number of benzene rings is 2. The topological polar surface area (TPSA) is 78.5 Å². The predicted molar refractivity (Wildman–Crippen MR) is 114 cm³/mol. The van der Waals surface area contributed by atoms with Crippen LogP contribution in [0.25, 0.3) is 0 Å².